The van der Waals surface area contributed by atoms with Gasteiger partial charge >= 0.3 is 0 Å². The highest BCUT2D eigenvalue weighted by Gasteiger charge is 2.44. The van der Waals surface area contributed by atoms with Gasteiger partial charge in [0.05, 0.1) is 5.60 Å². The number of hydrogen-bond acceptors (Lipinski definition) is 2. The van der Waals surface area contributed by atoms with Crippen LogP contribution in [-0.4, -0.2) is 27.7 Å². The molecular weight excluding hydrogens is 306 g/mol. The van der Waals surface area contributed by atoms with Crippen LogP contribution in [0.5, 0.6) is 0 Å². The van der Waals surface area contributed by atoms with Crippen molar-refractivity contribution in [1.29, 1.82) is 0 Å². The summed E-state index contributed by atoms with van der Waals surface area (Å²) >= 11 is 0. The second-order valence-electron chi connectivity index (χ2n) is 8.02. The van der Waals surface area contributed by atoms with Crippen molar-refractivity contribution in [2.45, 2.75) is 95.4 Å². The van der Waals surface area contributed by atoms with E-state index in [1.165, 1.54) is 44.1 Å². The maximum absolute atomic E-state index is 11.1. The molecule has 0 aliphatic carbocycles. The number of hydrogen-bond donors (Lipinski definition) is 1. The molecule has 1 aromatic carbocycles. The lowest BCUT2D eigenvalue weighted by Gasteiger charge is -2.52. The molecule has 1 aromatic rings. The van der Waals surface area contributed by atoms with Crippen molar-refractivity contribution in [3.05, 3.63) is 35.9 Å². The highest BCUT2D eigenvalue weighted by atomic mass is 16.3. The zero-order chi connectivity index (χ0) is 17.5. The Bertz CT molecular complexity index is 571. The van der Waals surface area contributed by atoms with Gasteiger partial charge in [-0.15, -0.1) is 11.8 Å². The third-order valence-electron chi connectivity index (χ3n) is 5.90. The van der Waals surface area contributed by atoms with Gasteiger partial charge in [-0.1, -0.05) is 56.5 Å². The number of rotatable bonds is 6. The first-order valence-corrected chi connectivity index (χ1v) is 10.2. The fourth-order valence-electron chi connectivity index (χ4n) is 4.59. The molecule has 0 saturated carbocycles. The van der Waals surface area contributed by atoms with Gasteiger partial charge in [-0.05, 0) is 37.7 Å². The SMILES string of the molecule is CCCCCC#CCC1(O)CC2CCCC(C1)N2Cc1ccccc1. The van der Waals surface area contributed by atoms with Crippen LogP contribution in [0.2, 0.25) is 0 Å². The molecule has 2 aliphatic heterocycles. The van der Waals surface area contributed by atoms with E-state index in [2.05, 4.69) is 54.0 Å². The van der Waals surface area contributed by atoms with Crippen molar-refractivity contribution in [1.82, 2.24) is 4.90 Å². The zero-order valence-corrected chi connectivity index (χ0v) is 15.7. The zero-order valence-electron chi connectivity index (χ0n) is 15.7. The van der Waals surface area contributed by atoms with Crippen LogP contribution in [0.4, 0.5) is 0 Å². The van der Waals surface area contributed by atoms with Gasteiger partial charge in [0.15, 0.2) is 0 Å². The van der Waals surface area contributed by atoms with Gasteiger partial charge in [0.1, 0.15) is 0 Å². The molecule has 0 amide bonds. The summed E-state index contributed by atoms with van der Waals surface area (Å²) in [5, 5.41) is 11.1. The van der Waals surface area contributed by atoms with Crippen molar-refractivity contribution < 1.29 is 5.11 Å². The van der Waals surface area contributed by atoms with Crippen molar-refractivity contribution in [2.75, 3.05) is 0 Å². The Morgan fingerprint density at radius 1 is 1.08 bits per heavy atom. The molecule has 0 radical (unpaired) electrons. The van der Waals surface area contributed by atoms with E-state index < -0.39 is 5.60 Å². The monoisotopic (exact) mass is 339 g/mol. The normalized spacial score (nSPS) is 29.0. The van der Waals surface area contributed by atoms with E-state index in [0.29, 0.717) is 18.5 Å². The Morgan fingerprint density at radius 2 is 1.80 bits per heavy atom. The Balaban J connectivity index is 1.58. The predicted octanol–water partition coefficient (Wildman–Crippen LogP) is 4.91. The van der Waals surface area contributed by atoms with Crippen LogP contribution in [0.3, 0.4) is 0 Å². The lowest BCUT2D eigenvalue weighted by Crippen LogP contribution is -2.57. The first kappa shape index (κ1) is 18.5. The van der Waals surface area contributed by atoms with Gasteiger partial charge in [0, 0.05) is 31.5 Å². The average molecular weight is 340 g/mol. The molecule has 0 aromatic heterocycles. The number of nitrogens with zero attached hydrogens (tertiary/aromatic N) is 1. The quantitative estimate of drug-likeness (QED) is 0.588. The number of benzene rings is 1. The standard InChI is InChI=1S/C23H33NO/c1-2-3-4-5-6-10-16-23(25)17-21-14-11-15-22(18-23)24(21)19-20-12-8-7-9-13-20/h7-9,12-13,21-22,25H,2-5,11,14-19H2,1H3. The molecule has 3 rings (SSSR count). The van der Waals surface area contributed by atoms with E-state index in [9.17, 15) is 5.11 Å². The predicted molar refractivity (Wildman–Crippen MR) is 104 cm³/mol. The Morgan fingerprint density at radius 3 is 2.48 bits per heavy atom. The molecule has 2 nitrogen and oxygen atoms in total. The minimum Gasteiger partial charge on any atom is -0.389 e. The summed E-state index contributed by atoms with van der Waals surface area (Å²) in [4.78, 5) is 2.65. The molecule has 2 fully saturated rings. The van der Waals surface area contributed by atoms with Crippen LogP contribution in [-0.2, 0) is 6.54 Å². The molecule has 2 atom stereocenters. The molecule has 136 valence electrons. The molecule has 2 heteroatoms. The van der Waals surface area contributed by atoms with Crippen LogP contribution in [0.15, 0.2) is 30.3 Å². The summed E-state index contributed by atoms with van der Waals surface area (Å²) in [6.45, 7) is 3.24. The van der Waals surface area contributed by atoms with Gasteiger partial charge in [-0.3, -0.25) is 4.90 Å². The average Bonchev–Trinajstić information content (AvgIpc) is 2.60. The summed E-state index contributed by atoms with van der Waals surface area (Å²) in [5.41, 5.74) is 0.821. The molecule has 1 N–H and O–H groups in total. The van der Waals surface area contributed by atoms with Crippen molar-refractivity contribution in [3.63, 3.8) is 0 Å². The highest BCUT2D eigenvalue weighted by molar-refractivity contribution is 5.16. The third-order valence-corrected chi connectivity index (χ3v) is 5.90. The topological polar surface area (TPSA) is 23.5 Å². The largest absolute Gasteiger partial charge is 0.389 e. The van der Waals surface area contributed by atoms with E-state index in [1.54, 1.807) is 0 Å². The summed E-state index contributed by atoms with van der Waals surface area (Å²) < 4.78 is 0. The Hall–Kier alpha value is -1.30. The summed E-state index contributed by atoms with van der Waals surface area (Å²) in [7, 11) is 0. The number of piperidine rings is 2. The third kappa shape index (κ3) is 5.09. The van der Waals surface area contributed by atoms with Crippen LogP contribution in [0.25, 0.3) is 0 Å². The lowest BCUT2D eigenvalue weighted by atomic mass is 9.74. The maximum atomic E-state index is 11.1. The Kier molecular flexibility index (Phi) is 6.57. The van der Waals surface area contributed by atoms with Gasteiger partial charge < -0.3 is 5.11 Å². The highest BCUT2D eigenvalue weighted by Crippen LogP contribution is 2.41. The van der Waals surface area contributed by atoms with E-state index in [4.69, 9.17) is 0 Å². The lowest BCUT2D eigenvalue weighted by molar-refractivity contribution is -0.0923. The minimum atomic E-state index is -0.569. The first-order valence-electron chi connectivity index (χ1n) is 10.2. The maximum Gasteiger partial charge on any atom is 0.0786 e. The molecule has 0 spiro atoms. The summed E-state index contributed by atoms with van der Waals surface area (Å²) in [6.07, 6.45) is 10.9. The van der Waals surface area contributed by atoms with E-state index in [-0.39, 0.29) is 0 Å². The second-order valence-corrected chi connectivity index (χ2v) is 8.02. The van der Waals surface area contributed by atoms with E-state index in [0.717, 1.165) is 25.8 Å². The number of unbranched alkanes of at least 4 members (excludes halogenated alkanes) is 3. The van der Waals surface area contributed by atoms with Crippen molar-refractivity contribution >= 4 is 0 Å². The molecule has 2 saturated heterocycles. The molecule has 25 heavy (non-hydrogen) atoms. The fraction of sp³-hybridized carbons (Fsp3) is 0.652. The van der Waals surface area contributed by atoms with E-state index in [1.807, 2.05) is 0 Å². The number of aliphatic hydroxyl groups is 1. The van der Waals surface area contributed by atoms with Gasteiger partial charge in [0.25, 0.3) is 0 Å². The molecule has 2 bridgehead atoms. The van der Waals surface area contributed by atoms with Gasteiger partial charge in [-0.25, -0.2) is 0 Å². The van der Waals surface area contributed by atoms with Crippen LogP contribution in [0, 0.1) is 11.8 Å². The van der Waals surface area contributed by atoms with E-state index >= 15 is 0 Å². The summed E-state index contributed by atoms with van der Waals surface area (Å²) in [6, 6.07) is 11.8. The summed E-state index contributed by atoms with van der Waals surface area (Å²) in [5.74, 6) is 6.58. The second kappa shape index (κ2) is 8.88. The minimum absolute atomic E-state index is 0.514. The Labute approximate surface area is 153 Å². The van der Waals surface area contributed by atoms with Gasteiger partial charge in [0.2, 0.25) is 0 Å². The molecule has 2 aliphatic rings. The smallest absolute Gasteiger partial charge is 0.0786 e. The molecular formula is C23H33NO. The molecule has 2 heterocycles. The van der Waals surface area contributed by atoms with Crippen LogP contribution in [0.1, 0.15) is 76.7 Å². The fourth-order valence-corrected chi connectivity index (χ4v) is 4.59. The number of fused-ring (bicyclic) bond motifs is 2. The van der Waals surface area contributed by atoms with Crippen molar-refractivity contribution in [3.8, 4) is 11.8 Å². The van der Waals surface area contributed by atoms with Crippen LogP contribution >= 0.6 is 0 Å². The van der Waals surface area contributed by atoms with Crippen molar-refractivity contribution in [2.24, 2.45) is 0 Å². The molecule has 2 unspecified atom stereocenters. The van der Waals surface area contributed by atoms with Crippen LogP contribution < -0.4 is 0 Å². The first-order chi connectivity index (χ1) is 12.2. The van der Waals surface area contributed by atoms with Gasteiger partial charge in [-0.2, -0.15) is 0 Å².